The lowest BCUT2D eigenvalue weighted by atomic mass is 9.91. The number of hydrogen-bond donors (Lipinski definition) is 1. The molecule has 0 bridgehead atoms. The van der Waals surface area contributed by atoms with Crippen LogP contribution in [0.3, 0.4) is 0 Å². The summed E-state index contributed by atoms with van der Waals surface area (Å²) in [4.78, 5) is 4.28. The average Bonchev–Trinajstić information content (AvgIpc) is 2.68. The van der Waals surface area contributed by atoms with Crippen LogP contribution in [0.4, 0.5) is 0 Å². The van der Waals surface area contributed by atoms with Gasteiger partial charge >= 0.3 is 0 Å². The van der Waals surface area contributed by atoms with Gasteiger partial charge < -0.3 is 10.5 Å². The first-order valence-corrected chi connectivity index (χ1v) is 7.16. The highest BCUT2D eigenvalue weighted by molar-refractivity contribution is 5.69. The van der Waals surface area contributed by atoms with Crippen molar-refractivity contribution in [2.24, 2.45) is 5.73 Å². The lowest BCUT2D eigenvalue weighted by molar-refractivity contribution is 0.0627. The van der Waals surface area contributed by atoms with Gasteiger partial charge in [-0.1, -0.05) is 18.2 Å². The molecule has 3 rings (SSSR count). The Morgan fingerprint density at radius 3 is 3.05 bits per heavy atom. The molecule has 2 N–H and O–H groups in total. The number of nitrogens with zero attached hydrogens (tertiary/aromatic N) is 1. The molecule has 0 fully saturated rings. The largest absolute Gasteiger partial charge is 0.372 e. The van der Waals surface area contributed by atoms with Gasteiger partial charge in [0.15, 0.2) is 0 Å². The van der Waals surface area contributed by atoms with Gasteiger partial charge in [-0.2, -0.15) is 0 Å². The van der Waals surface area contributed by atoms with Crippen LogP contribution in [-0.4, -0.2) is 18.1 Å². The summed E-state index contributed by atoms with van der Waals surface area (Å²) >= 11 is 0. The zero-order chi connectivity index (χ0) is 13.9. The molecule has 0 aliphatic carbocycles. The summed E-state index contributed by atoms with van der Waals surface area (Å²) < 4.78 is 5.86. The van der Waals surface area contributed by atoms with Crippen molar-refractivity contribution < 1.29 is 4.74 Å². The molecule has 1 aliphatic rings. The van der Waals surface area contributed by atoms with Crippen molar-refractivity contribution in [3.63, 3.8) is 0 Å². The van der Waals surface area contributed by atoms with Crippen LogP contribution in [0.25, 0.3) is 11.1 Å². The molecule has 2 heterocycles. The second-order valence-corrected chi connectivity index (χ2v) is 5.26. The first-order chi connectivity index (χ1) is 9.79. The van der Waals surface area contributed by atoms with Crippen LogP contribution in [-0.2, 0) is 11.2 Å². The van der Waals surface area contributed by atoms with E-state index in [9.17, 15) is 0 Å². The summed E-state index contributed by atoms with van der Waals surface area (Å²) in [6.07, 6.45) is 3.99. The number of pyridine rings is 1. The lowest BCUT2D eigenvalue weighted by Gasteiger charge is -2.18. The summed E-state index contributed by atoms with van der Waals surface area (Å²) in [5.74, 6) is 0. The summed E-state index contributed by atoms with van der Waals surface area (Å²) in [7, 11) is 0. The summed E-state index contributed by atoms with van der Waals surface area (Å²) in [6, 6.07) is 10.6. The molecular weight excluding hydrogens is 248 g/mol. The Balaban J connectivity index is 2.13. The van der Waals surface area contributed by atoms with Crippen molar-refractivity contribution in [2.45, 2.75) is 25.9 Å². The molecule has 0 saturated heterocycles. The van der Waals surface area contributed by atoms with Gasteiger partial charge in [0.25, 0.3) is 0 Å². The molecule has 0 saturated carbocycles. The number of rotatable bonds is 2. The molecule has 0 spiro atoms. The smallest absolute Gasteiger partial charge is 0.0949 e. The van der Waals surface area contributed by atoms with Gasteiger partial charge in [-0.25, -0.2) is 0 Å². The van der Waals surface area contributed by atoms with E-state index in [4.69, 9.17) is 10.5 Å². The molecule has 1 aliphatic heterocycles. The van der Waals surface area contributed by atoms with E-state index in [0.717, 1.165) is 25.1 Å². The monoisotopic (exact) mass is 268 g/mol. The topological polar surface area (TPSA) is 48.1 Å². The van der Waals surface area contributed by atoms with Crippen molar-refractivity contribution in [3.05, 3.63) is 53.3 Å². The Morgan fingerprint density at radius 1 is 1.35 bits per heavy atom. The lowest BCUT2D eigenvalue weighted by Crippen LogP contribution is -2.16. The van der Waals surface area contributed by atoms with E-state index >= 15 is 0 Å². The SMILES string of the molecule is Cc1cc(-c2cccc3c2CCCOC3CN)ccn1. The van der Waals surface area contributed by atoms with Crippen LogP contribution in [0.2, 0.25) is 0 Å². The molecular formula is C17H20N2O. The van der Waals surface area contributed by atoms with Crippen molar-refractivity contribution in [1.29, 1.82) is 0 Å². The Morgan fingerprint density at radius 2 is 2.25 bits per heavy atom. The highest BCUT2D eigenvalue weighted by Crippen LogP contribution is 2.33. The number of aryl methyl sites for hydroxylation is 1. The van der Waals surface area contributed by atoms with Gasteiger partial charge in [0.2, 0.25) is 0 Å². The number of hydrogen-bond acceptors (Lipinski definition) is 3. The first kappa shape index (κ1) is 13.3. The third kappa shape index (κ3) is 2.47. The molecule has 0 radical (unpaired) electrons. The quantitative estimate of drug-likeness (QED) is 0.910. The van der Waals surface area contributed by atoms with Gasteiger partial charge in [0, 0.05) is 25.0 Å². The minimum absolute atomic E-state index is 0.0235. The highest BCUT2D eigenvalue weighted by atomic mass is 16.5. The van der Waals surface area contributed by atoms with E-state index in [1.165, 1.54) is 22.3 Å². The van der Waals surface area contributed by atoms with Gasteiger partial charge in [0.1, 0.15) is 0 Å². The standard InChI is InChI=1S/C17H20N2O/c1-12-10-13(7-8-19-12)14-4-2-5-16-15(14)6-3-9-20-17(16)11-18/h2,4-5,7-8,10,17H,3,6,9,11,18H2,1H3. The molecule has 2 aromatic rings. The summed E-state index contributed by atoms with van der Waals surface area (Å²) in [6.45, 7) is 3.34. The molecule has 20 heavy (non-hydrogen) atoms. The molecule has 1 unspecified atom stereocenters. The van der Waals surface area contributed by atoms with E-state index in [2.05, 4.69) is 35.3 Å². The maximum Gasteiger partial charge on any atom is 0.0949 e. The molecule has 3 heteroatoms. The van der Waals surface area contributed by atoms with Crippen LogP contribution >= 0.6 is 0 Å². The first-order valence-electron chi connectivity index (χ1n) is 7.16. The van der Waals surface area contributed by atoms with Gasteiger partial charge in [0.05, 0.1) is 6.10 Å². The third-order valence-corrected chi connectivity index (χ3v) is 3.87. The fraction of sp³-hybridized carbons (Fsp3) is 0.353. The molecule has 1 atom stereocenters. The second kappa shape index (κ2) is 5.73. The Hall–Kier alpha value is -1.71. The van der Waals surface area contributed by atoms with E-state index in [1.807, 2.05) is 13.1 Å². The second-order valence-electron chi connectivity index (χ2n) is 5.26. The maximum absolute atomic E-state index is 5.87. The van der Waals surface area contributed by atoms with Crippen LogP contribution < -0.4 is 5.73 Å². The Kier molecular flexibility index (Phi) is 3.81. The predicted molar refractivity (Wildman–Crippen MR) is 80.5 cm³/mol. The molecule has 0 amide bonds. The van der Waals surface area contributed by atoms with Crippen LogP contribution in [0.5, 0.6) is 0 Å². The highest BCUT2D eigenvalue weighted by Gasteiger charge is 2.20. The number of benzene rings is 1. The van der Waals surface area contributed by atoms with E-state index < -0.39 is 0 Å². The van der Waals surface area contributed by atoms with Gasteiger partial charge in [-0.05, 0) is 54.2 Å². The minimum atomic E-state index is 0.0235. The van der Waals surface area contributed by atoms with E-state index in [-0.39, 0.29) is 6.10 Å². The predicted octanol–water partition coefficient (Wildman–Crippen LogP) is 3.02. The van der Waals surface area contributed by atoms with Crippen molar-refractivity contribution in [1.82, 2.24) is 4.98 Å². The van der Waals surface area contributed by atoms with Crippen LogP contribution in [0, 0.1) is 6.92 Å². The van der Waals surface area contributed by atoms with Gasteiger partial charge in [-0.15, -0.1) is 0 Å². The minimum Gasteiger partial charge on any atom is -0.372 e. The number of ether oxygens (including phenoxy) is 1. The number of aromatic nitrogens is 1. The number of fused-ring (bicyclic) bond motifs is 1. The molecule has 1 aromatic carbocycles. The number of nitrogens with two attached hydrogens (primary N) is 1. The van der Waals surface area contributed by atoms with Crippen molar-refractivity contribution in [3.8, 4) is 11.1 Å². The molecule has 3 nitrogen and oxygen atoms in total. The Labute approximate surface area is 119 Å². The fourth-order valence-electron chi connectivity index (χ4n) is 2.93. The summed E-state index contributed by atoms with van der Waals surface area (Å²) in [5.41, 5.74) is 12.1. The van der Waals surface area contributed by atoms with Crippen molar-refractivity contribution in [2.75, 3.05) is 13.2 Å². The van der Waals surface area contributed by atoms with Crippen molar-refractivity contribution >= 4 is 0 Å². The normalized spacial score (nSPS) is 18.4. The molecule has 1 aromatic heterocycles. The van der Waals surface area contributed by atoms with Crippen LogP contribution in [0.1, 0.15) is 29.3 Å². The van der Waals surface area contributed by atoms with E-state index in [1.54, 1.807) is 0 Å². The maximum atomic E-state index is 5.87. The average molecular weight is 268 g/mol. The fourth-order valence-corrected chi connectivity index (χ4v) is 2.93. The van der Waals surface area contributed by atoms with Crippen LogP contribution in [0.15, 0.2) is 36.5 Å². The summed E-state index contributed by atoms with van der Waals surface area (Å²) in [5, 5.41) is 0. The molecule has 104 valence electrons. The zero-order valence-electron chi connectivity index (χ0n) is 11.8. The third-order valence-electron chi connectivity index (χ3n) is 3.87. The van der Waals surface area contributed by atoms with Gasteiger partial charge in [-0.3, -0.25) is 4.98 Å². The Bertz CT molecular complexity index is 610. The zero-order valence-corrected chi connectivity index (χ0v) is 11.8. The van der Waals surface area contributed by atoms with E-state index in [0.29, 0.717) is 6.54 Å².